The first-order chi connectivity index (χ1) is 13.8. The molecule has 8 heteroatoms. The molecule has 1 aromatic heterocycles. The molecule has 6 nitrogen and oxygen atoms in total. The third kappa shape index (κ3) is 4.18. The predicted octanol–water partition coefficient (Wildman–Crippen LogP) is 2.97. The topological polar surface area (TPSA) is 71.7 Å². The molecule has 2 heterocycles. The van der Waals surface area contributed by atoms with E-state index in [0.717, 1.165) is 11.1 Å². The van der Waals surface area contributed by atoms with Gasteiger partial charge in [0, 0.05) is 30.2 Å². The van der Waals surface area contributed by atoms with Gasteiger partial charge in [-0.25, -0.2) is 8.42 Å². The summed E-state index contributed by atoms with van der Waals surface area (Å²) in [6.45, 7) is 3.10. The van der Waals surface area contributed by atoms with Crippen molar-refractivity contribution in [1.82, 2.24) is 4.57 Å². The number of hydrogen-bond donors (Lipinski definition) is 0. The second kappa shape index (κ2) is 7.61. The van der Waals surface area contributed by atoms with E-state index in [1.54, 1.807) is 18.2 Å². The lowest BCUT2D eigenvalue weighted by Gasteiger charge is -2.16. The van der Waals surface area contributed by atoms with Crippen LogP contribution in [-0.2, 0) is 23.0 Å². The summed E-state index contributed by atoms with van der Waals surface area (Å²) >= 11 is 1.41. The highest BCUT2D eigenvalue weighted by Crippen LogP contribution is 2.30. The molecule has 2 aromatic carbocycles. The normalized spacial score (nSPS) is 14.3. The fourth-order valence-electron chi connectivity index (χ4n) is 3.40. The number of thiazole rings is 1. The summed E-state index contributed by atoms with van der Waals surface area (Å²) in [5.74, 6) is -0.328. The zero-order valence-corrected chi connectivity index (χ0v) is 17.8. The lowest BCUT2D eigenvalue weighted by molar-refractivity contribution is 0.0997. The molecule has 0 saturated carbocycles. The van der Waals surface area contributed by atoms with Gasteiger partial charge in [0.2, 0.25) is 10.0 Å². The number of carbonyl (C=O) groups is 1. The van der Waals surface area contributed by atoms with Crippen LogP contribution in [0.4, 0.5) is 5.69 Å². The van der Waals surface area contributed by atoms with Crippen molar-refractivity contribution in [2.24, 2.45) is 4.99 Å². The Morgan fingerprint density at radius 3 is 2.66 bits per heavy atom. The molecule has 0 fully saturated rings. The fourth-order valence-corrected chi connectivity index (χ4v) is 5.08. The Bertz CT molecular complexity index is 1240. The Balaban J connectivity index is 1.60. The van der Waals surface area contributed by atoms with E-state index in [9.17, 15) is 13.2 Å². The molecular formula is C21H21N3O3S2. The molecule has 0 aliphatic carbocycles. The zero-order valence-electron chi connectivity index (χ0n) is 16.2. The van der Waals surface area contributed by atoms with Gasteiger partial charge in [0.15, 0.2) is 4.80 Å². The largest absolute Gasteiger partial charge is 0.319 e. The molecule has 0 saturated heterocycles. The Kier molecular flexibility index (Phi) is 5.14. The van der Waals surface area contributed by atoms with E-state index in [-0.39, 0.29) is 5.91 Å². The summed E-state index contributed by atoms with van der Waals surface area (Å²) in [5, 5.41) is 1.91. The van der Waals surface area contributed by atoms with Gasteiger partial charge in [-0.1, -0.05) is 29.8 Å². The highest BCUT2D eigenvalue weighted by Gasteiger charge is 2.26. The first kappa shape index (κ1) is 19.6. The van der Waals surface area contributed by atoms with E-state index < -0.39 is 10.0 Å². The maximum atomic E-state index is 12.7. The maximum absolute atomic E-state index is 12.7. The SMILES string of the molecule is Cc1ccc(Cn2ccsc2=NC(=O)c2ccc3c(c2)CCN3S(C)(=O)=O)cc1. The molecule has 0 radical (unpaired) electrons. The minimum atomic E-state index is -3.30. The quantitative estimate of drug-likeness (QED) is 0.643. The summed E-state index contributed by atoms with van der Waals surface area (Å²) in [5.41, 5.74) is 4.32. The number of benzene rings is 2. The van der Waals surface area contributed by atoms with E-state index in [1.807, 2.05) is 23.1 Å². The number of fused-ring (bicyclic) bond motifs is 1. The third-order valence-corrected chi connectivity index (χ3v) is 6.88. The van der Waals surface area contributed by atoms with Gasteiger partial charge in [0.05, 0.1) is 11.9 Å². The van der Waals surface area contributed by atoms with Crippen LogP contribution in [-0.4, -0.2) is 31.7 Å². The van der Waals surface area contributed by atoms with Gasteiger partial charge < -0.3 is 4.57 Å². The summed E-state index contributed by atoms with van der Waals surface area (Å²) in [7, 11) is -3.30. The van der Waals surface area contributed by atoms with E-state index in [1.165, 1.54) is 27.5 Å². The lowest BCUT2D eigenvalue weighted by Crippen LogP contribution is -2.27. The van der Waals surface area contributed by atoms with Crippen molar-refractivity contribution >= 4 is 33.0 Å². The molecule has 1 aliphatic rings. The molecule has 3 aromatic rings. The monoisotopic (exact) mass is 427 g/mol. The van der Waals surface area contributed by atoms with Gasteiger partial charge in [-0.3, -0.25) is 9.10 Å². The molecule has 1 amide bonds. The molecule has 29 heavy (non-hydrogen) atoms. The molecule has 150 valence electrons. The average molecular weight is 428 g/mol. The molecule has 0 bridgehead atoms. The van der Waals surface area contributed by atoms with Crippen molar-refractivity contribution in [3.63, 3.8) is 0 Å². The highest BCUT2D eigenvalue weighted by molar-refractivity contribution is 7.92. The maximum Gasteiger partial charge on any atom is 0.279 e. The van der Waals surface area contributed by atoms with Gasteiger partial charge in [0.1, 0.15) is 0 Å². The van der Waals surface area contributed by atoms with Crippen molar-refractivity contribution in [3.05, 3.63) is 81.1 Å². The van der Waals surface area contributed by atoms with Crippen LogP contribution < -0.4 is 9.11 Å². The molecular weight excluding hydrogens is 406 g/mol. The van der Waals surface area contributed by atoms with Gasteiger partial charge in [-0.05, 0) is 42.7 Å². The highest BCUT2D eigenvalue weighted by atomic mass is 32.2. The number of rotatable bonds is 4. The molecule has 0 unspecified atom stereocenters. The van der Waals surface area contributed by atoms with E-state index in [2.05, 4.69) is 29.3 Å². The first-order valence-electron chi connectivity index (χ1n) is 9.20. The summed E-state index contributed by atoms with van der Waals surface area (Å²) < 4.78 is 27.1. The predicted molar refractivity (Wildman–Crippen MR) is 115 cm³/mol. The van der Waals surface area contributed by atoms with Crippen molar-refractivity contribution in [3.8, 4) is 0 Å². The number of aromatic nitrogens is 1. The van der Waals surface area contributed by atoms with Gasteiger partial charge in [-0.15, -0.1) is 11.3 Å². The second-order valence-corrected chi connectivity index (χ2v) is 9.92. The third-order valence-electron chi connectivity index (χ3n) is 4.91. The minimum Gasteiger partial charge on any atom is -0.319 e. The van der Waals surface area contributed by atoms with Crippen LogP contribution in [0.3, 0.4) is 0 Å². The van der Waals surface area contributed by atoms with E-state index in [4.69, 9.17) is 0 Å². The summed E-state index contributed by atoms with van der Waals surface area (Å²) in [6.07, 6.45) is 3.71. The summed E-state index contributed by atoms with van der Waals surface area (Å²) in [6, 6.07) is 13.4. The first-order valence-corrected chi connectivity index (χ1v) is 11.9. The fraction of sp³-hybridized carbons (Fsp3) is 0.238. The van der Waals surface area contributed by atoms with E-state index in [0.29, 0.717) is 35.6 Å². The van der Waals surface area contributed by atoms with Gasteiger partial charge >= 0.3 is 0 Å². The number of hydrogen-bond acceptors (Lipinski definition) is 4. The van der Waals surface area contributed by atoms with Gasteiger partial charge in [-0.2, -0.15) is 4.99 Å². The number of aryl methyl sites for hydroxylation is 1. The standard InChI is InChI=1S/C21H21N3O3S2/c1-15-3-5-16(6-4-15)14-23-11-12-28-21(23)22-20(25)18-7-8-19-17(13-18)9-10-24(19)29(2,26)27/h3-8,11-13H,9-10,14H2,1-2H3. The molecule has 0 spiro atoms. The van der Waals surface area contributed by atoms with Crippen molar-refractivity contribution in [2.45, 2.75) is 19.9 Å². The van der Waals surface area contributed by atoms with Crippen molar-refractivity contribution in [1.29, 1.82) is 0 Å². The summed E-state index contributed by atoms with van der Waals surface area (Å²) in [4.78, 5) is 17.7. The molecule has 4 rings (SSSR count). The number of sulfonamides is 1. The van der Waals surface area contributed by atoms with Crippen molar-refractivity contribution in [2.75, 3.05) is 17.1 Å². The lowest BCUT2D eigenvalue weighted by atomic mass is 10.1. The molecule has 0 atom stereocenters. The zero-order chi connectivity index (χ0) is 20.6. The number of anilines is 1. The Morgan fingerprint density at radius 1 is 1.17 bits per heavy atom. The van der Waals surface area contributed by atoms with Crippen molar-refractivity contribution < 1.29 is 13.2 Å². The van der Waals surface area contributed by atoms with Crippen LogP contribution in [0, 0.1) is 6.92 Å². The molecule has 1 aliphatic heterocycles. The van der Waals surface area contributed by atoms with E-state index >= 15 is 0 Å². The number of carbonyl (C=O) groups excluding carboxylic acids is 1. The molecule has 0 N–H and O–H groups in total. The number of amides is 1. The minimum absolute atomic E-state index is 0.328. The van der Waals surface area contributed by atoms with Crippen LogP contribution in [0.1, 0.15) is 27.0 Å². The Morgan fingerprint density at radius 2 is 1.93 bits per heavy atom. The van der Waals surface area contributed by atoms with Crippen LogP contribution in [0.2, 0.25) is 0 Å². The van der Waals surface area contributed by atoms with Crippen LogP contribution in [0.15, 0.2) is 59.0 Å². The van der Waals surface area contributed by atoms with Crippen LogP contribution in [0.25, 0.3) is 0 Å². The van der Waals surface area contributed by atoms with Crippen LogP contribution in [0.5, 0.6) is 0 Å². The average Bonchev–Trinajstić information content (AvgIpc) is 3.29. The van der Waals surface area contributed by atoms with Gasteiger partial charge in [0.25, 0.3) is 5.91 Å². The smallest absolute Gasteiger partial charge is 0.279 e. The number of nitrogens with zero attached hydrogens (tertiary/aromatic N) is 3. The Hall–Kier alpha value is -2.71. The Labute approximate surface area is 173 Å². The second-order valence-electron chi connectivity index (χ2n) is 7.14. The van der Waals surface area contributed by atoms with Crippen LogP contribution >= 0.6 is 11.3 Å².